The van der Waals surface area contributed by atoms with Crippen LogP contribution < -0.4 is 15.4 Å². The predicted molar refractivity (Wildman–Crippen MR) is 101 cm³/mol. The molecule has 5 rings (SSSR count). The monoisotopic (exact) mass is 446 g/mol. The van der Waals surface area contributed by atoms with Crippen molar-refractivity contribution in [2.45, 2.75) is 55.7 Å². The number of nitrogens with one attached hydrogen (secondary N) is 2. The van der Waals surface area contributed by atoms with Crippen LogP contribution in [-0.4, -0.2) is 48.6 Å². The van der Waals surface area contributed by atoms with Gasteiger partial charge in [-0.2, -0.15) is 0 Å². The van der Waals surface area contributed by atoms with Gasteiger partial charge in [0, 0.05) is 23.1 Å². The molecule has 4 saturated carbocycles. The van der Waals surface area contributed by atoms with Crippen molar-refractivity contribution >= 4 is 23.4 Å². The van der Waals surface area contributed by atoms with E-state index in [-0.39, 0.29) is 65.8 Å². The van der Waals surface area contributed by atoms with Gasteiger partial charge < -0.3 is 20.1 Å². The minimum Gasteiger partial charge on any atom is -0.484 e. The lowest BCUT2D eigenvalue weighted by Crippen LogP contribution is -2.84. The summed E-state index contributed by atoms with van der Waals surface area (Å²) in [5.41, 5.74) is -0.683. The van der Waals surface area contributed by atoms with Gasteiger partial charge in [0.2, 0.25) is 12.3 Å². The van der Waals surface area contributed by atoms with Crippen LogP contribution in [0.4, 0.5) is 13.2 Å². The summed E-state index contributed by atoms with van der Waals surface area (Å²) >= 11 is 5.60. The van der Waals surface area contributed by atoms with E-state index >= 15 is 0 Å². The van der Waals surface area contributed by atoms with E-state index < -0.39 is 18.2 Å². The molecule has 0 aromatic heterocycles. The molecule has 2 amide bonds. The largest absolute Gasteiger partial charge is 0.484 e. The highest BCUT2D eigenvalue weighted by atomic mass is 35.5. The second kappa shape index (κ2) is 7.92. The third-order valence-electron chi connectivity index (χ3n) is 6.04. The van der Waals surface area contributed by atoms with Gasteiger partial charge in [-0.05, 0) is 44.2 Å². The van der Waals surface area contributed by atoms with Crippen molar-refractivity contribution in [1.82, 2.24) is 10.6 Å². The molecule has 164 valence electrons. The Morgan fingerprint density at radius 3 is 2.27 bits per heavy atom. The molecule has 0 unspecified atom stereocenters. The van der Waals surface area contributed by atoms with Gasteiger partial charge in [0.05, 0.1) is 11.1 Å². The van der Waals surface area contributed by atoms with E-state index in [1.165, 1.54) is 12.1 Å². The van der Waals surface area contributed by atoms with E-state index in [1.54, 1.807) is 0 Å². The van der Waals surface area contributed by atoms with Gasteiger partial charge in [0.25, 0.3) is 5.91 Å². The number of benzene rings is 1. The summed E-state index contributed by atoms with van der Waals surface area (Å²) in [6.07, 6.45) is -0.185. The third-order valence-corrected chi connectivity index (χ3v) is 6.34. The number of amides is 2. The Morgan fingerprint density at radius 1 is 1.10 bits per heavy atom. The summed E-state index contributed by atoms with van der Waals surface area (Å²) in [5.74, 6) is -1.64. The van der Waals surface area contributed by atoms with Crippen LogP contribution in [0.5, 0.6) is 5.75 Å². The zero-order valence-electron chi connectivity index (χ0n) is 16.1. The molecular formula is C20H22ClF3N2O4. The quantitative estimate of drug-likeness (QED) is 0.611. The summed E-state index contributed by atoms with van der Waals surface area (Å²) in [6, 6.07) is 3.94. The lowest BCUT2D eigenvalue weighted by Gasteiger charge is -2.70. The van der Waals surface area contributed by atoms with Crippen LogP contribution in [0.3, 0.4) is 0 Å². The Kier molecular flexibility index (Phi) is 5.61. The predicted octanol–water partition coefficient (Wildman–Crippen LogP) is 2.83. The fraction of sp³-hybridized carbons (Fsp3) is 0.600. The number of halogens is 4. The van der Waals surface area contributed by atoms with Crippen molar-refractivity contribution in [3.05, 3.63) is 29.0 Å². The lowest BCUT2D eigenvalue weighted by atomic mass is 9.44. The molecule has 0 saturated heterocycles. The highest BCUT2D eigenvalue weighted by Crippen LogP contribution is 2.60. The molecule has 2 N–H and O–H groups in total. The summed E-state index contributed by atoms with van der Waals surface area (Å²) < 4.78 is 48.9. The van der Waals surface area contributed by atoms with Crippen LogP contribution in [0, 0.1) is 11.7 Å². The Balaban J connectivity index is 1.12. The minimum absolute atomic E-state index is 0.0246. The van der Waals surface area contributed by atoms with Gasteiger partial charge in [-0.3, -0.25) is 9.59 Å². The molecule has 30 heavy (non-hydrogen) atoms. The molecule has 0 spiro atoms. The molecule has 1 aromatic carbocycles. The summed E-state index contributed by atoms with van der Waals surface area (Å²) in [7, 11) is 0. The van der Waals surface area contributed by atoms with Gasteiger partial charge in [0.15, 0.2) is 6.61 Å². The SMILES string of the molecule is O=C(COc1ccc(Cl)c(F)c1)NC12CC(NC(=O)CO[C@H]3C[C@@H](C(F)F)C3)(C1)C2. The van der Waals surface area contributed by atoms with Gasteiger partial charge in [-0.25, -0.2) is 13.2 Å². The Hall–Kier alpha value is -2.00. The fourth-order valence-corrected chi connectivity index (χ4v) is 4.69. The van der Waals surface area contributed by atoms with Crippen LogP contribution in [0.25, 0.3) is 0 Å². The van der Waals surface area contributed by atoms with Crippen LogP contribution in [0.15, 0.2) is 18.2 Å². The van der Waals surface area contributed by atoms with Gasteiger partial charge in [0.1, 0.15) is 18.2 Å². The topological polar surface area (TPSA) is 76.7 Å². The van der Waals surface area contributed by atoms with E-state index in [0.29, 0.717) is 19.3 Å². The zero-order chi connectivity index (χ0) is 21.5. The van der Waals surface area contributed by atoms with Crippen molar-refractivity contribution in [3.63, 3.8) is 0 Å². The lowest BCUT2D eigenvalue weighted by molar-refractivity contribution is -0.156. The van der Waals surface area contributed by atoms with Crippen molar-refractivity contribution in [3.8, 4) is 5.75 Å². The van der Waals surface area contributed by atoms with Crippen LogP contribution in [0.2, 0.25) is 5.02 Å². The maximum Gasteiger partial charge on any atom is 0.258 e. The normalized spacial score (nSPS) is 31.2. The number of alkyl halides is 2. The molecule has 0 aliphatic heterocycles. The first-order valence-corrected chi connectivity index (χ1v) is 10.2. The standard InChI is InChI=1S/C20H22ClF3N2O4/c21-14-2-1-12(5-15(14)22)29-6-16(27)25-19-8-20(9-19,10-19)26-17(28)7-30-13-3-11(4-13)18(23)24/h1-2,5,11,13,18H,3-4,6-10H2,(H,25,27)(H,26,28)/t11-,13+,19?,20?. The Bertz CT molecular complexity index is 828. The van der Waals surface area contributed by atoms with Crippen molar-refractivity contribution in [2.24, 2.45) is 5.92 Å². The van der Waals surface area contributed by atoms with Crippen molar-refractivity contribution in [1.29, 1.82) is 0 Å². The first kappa shape index (κ1) is 21.2. The van der Waals surface area contributed by atoms with Crippen molar-refractivity contribution in [2.75, 3.05) is 13.2 Å². The first-order chi connectivity index (χ1) is 14.2. The Morgan fingerprint density at radius 2 is 1.70 bits per heavy atom. The number of carbonyl (C=O) groups excluding carboxylic acids is 2. The molecule has 4 aliphatic rings. The molecule has 10 heteroatoms. The van der Waals surface area contributed by atoms with Gasteiger partial charge >= 0.3 is 0 Å². The van der Waals surface area contributed by atoms with Crippen LogP contribution >= 0.6 is 11.6 Å². The second-order valence-corrected chi connectivity index (χ2v) is 8.96. The second-order valence-electron chi connectivity index (χ2n) is 8.55. The number of carbonyl (C=O) groups is 2. The van der Waals surface area contributed by atoms with E-state index in [2.05, 4.69) is 10.6 Å². The Labute approximate surface area is 176 Å². The molecule has 4 aliphatic carbocycles. The number of hydrogen-bond donors (Lipinski definition) is 2. The maximum absolute atomic E-state index is 13.4. The van der Waals surface area contributed by atoms with E-state index in [0.717, 1.165) is 6.07 Å². The average molecular weight is 447 g/mol. The molecular weight excluding hydrogens is 425 g/mol. The molecule has 6 nitrogen and oxygen atoms in total. The summed E-state index contributed by atoms with van der Waals surface area (Å²) in [4.78, 5) is 24.1. The molecule has 2 bridgehead atoms. The summed E-state index contributed by atoms with van der Waals surface area (Å²) in [5, 5.41) is 5.79. The molecule has 0 heterocycles. The number of hydrogen-bond acceptors (Lipinski definition) is 4. The minimum atomic E-state index is -2.33. The van der Waals surface area contributed by atoms with Gasteiger partial charge in [-0.1, -0.05) is 11.6 Å². The van der Waals surface area contributed by atoms with Crippen LogP contribution in [0.1, 0.15) is 32.1 Å². The molecule has 4 fully saturated rings. The molecule has 0 atom stereocenters. The maximum atomic E-state index is 13.4. The van der Waals surface area contributed by atoms with Gasteiger partial charge in [-0.15, -0.1) is 0 Å². The smallest absolute Gasteiger partial charge is 0.258 e. The highest BCUT2D eigenvalue weighted by Gasteiger charge is 2.69. The molecule has 0 radical (unpaired) electrons. The molecule has 1 aromatic rings. The van der Waals surface area contributed by atoms with E-state index in [1.807, 2.05) is 0 Å². The van der Waals surface area contributed by atoms with Crippen molar-refractivity contribution < 1.29 is 32.2 Å². The van der Waals surface area contributed by atoms with Crippen LogP contribution in [-0.2, 0) is 14.3 Å². The van der Waals surface area contributed by atoms with E-state index in [4.69, 9.17) is 21.1 Å². The first-order valence-electron chi connectivity index (χ1n) is 9.77. The number of rotatable bonds is 9. The average Bonchev–Trinajstić information content (AvgIpc) is 2.58. The zero-order valence-corrected chi connectivity index (χ0v) is 16.8. The highest BCUT2D eigenvalue weighted by molar-refractivity contribution is 6.30. The third kappa shape index (κ3) is 4.37. The fourth-order valence-electron chi connectivity index (χ4n) is 4.57. The summed E-state index contributed by atoms with van der Waals surface area (Å²) in [6.45, 7) is -0.399. The number of ether oxygens (including phenoxy) is 2. The van der Waals surface area contributed by atoms with E-state index in [9.17, 15) is 22.8 Å².